The van der Waals surface area contributed by atoms with Crippen molar-refractivity contribution in [1.82, 2.24) is 0 Å². The largest absolute Gasteiger partial charge is 0.465 e. The molecule has 0 saturated heterocycles. The molecular formula is C28H25ClN2O7S2. The van der Waals surface area contributed by atoms with Gasteiger partial charge >= 0.3 is 5.97 Å². The number of nitrogens with one attached hydrogen (secondary N) is 2. The standard InChI is InChI=1S/C28H25ClN2O7S2/c1-18-4-10-22(11-5-18)39(33,34)30-26-14-8-20(16-24(26)28(32)37-3)38-21-9-15-27(25(29)17-21)31-40(35,36)23-12-6-19(2)7-13-23/h4-17,30-31H,1-3H3. The highest BCUT2D eigenvalue weighted by atomic mass is 35.5. The van der Waals surface area contributed by atoms with Gasteiger partial charge in [0.15, 0.2) is 0 Å². The van der Waals surface area contributed by atoms with E-state index in [1.807, 2.05) is 13.8 Å². The zero-order valence-electron chi connectivity index (χ0n) is 21.6. The summed E-state index contributed by atoms with van der Waals surface area (Å²) < 4.78 is 66.7. The lowest BCUT2D eigenvalue weighted by Crippen LogP contribution is -2.16. The number of sulfonamides is 2. The molecule has 0 aliphatic carbocycles. The van der Waals surface area contributed by atoms with Crippen LogP contribution >= 0.6 is 11.6 Å². The van der Waals surface area contributed by atoms with Crippen molar-refractivity contribution in [3.8, 4) is 11.5 Å². The van der Waals surface area contributed by atoms with Gasteiger partial charge in [0.05, 0.1) is 38.9 Å². The van der Waals surface area contributed by atoms with E-state index in [0.717, 1.165) is 11.1 Å². The van der Waals surface area contributed by atoms with Crippen LogP contribution in [0.2, 0.25) is 5.02 Å². The summed E-state index contributed by atoms with van der Waals surface area (Å²) in [7, 11) is -6.68. The molecule has 0 aliphatic rings. The molecule has 0 atom stereocenters. The minimum atomic E-state index is -3.99. The number of methoxy groups -OCH3 is 1. The lowest BCUT2D eigenvalue weighted by atomic mass is 10.1. The third-order valence-corrected chi connectivity index (χ3v) is 8.80. The smallest absolute Gasteiger partial charge is 0.340 e. The van der Waals surface area contributed by atoms with Gasteiger partial charge < -0.3 is 9.47 Å². The van der Waals surface area contributed by atoms with Gasteiger partial charge in [0.25, 0.3) is 20.0 Å². The van der Waals surface area contributed by atoms with Crippen LogP contribution in [0.1, 0.15) is 21.5 Å². The number of hydrogen-bond acceptors (Lipinski definition) is 7. The van der Waals surface area contributed by atoms with E-state index in [4.69, 9.17) is 21.1 Å². The average Bonchev–Trinajstić information content (AvgIpc) is 2.91. The number of anilines is 2. The number of aryl methyl sites for hydroxylation is 2. The summed E-state index contributed by atoms with van der Waals surface area (Å²) >= 11 is 6.33. The van der Waals surface area contributed by atoms with Gasteiger partial charge in [-0.3, -0.25) is 9.44 Å². The molecule has 12 heteroatoms. The minimum Gasteiger partial charge on any atom is -0.465 e. The molecule has 9 nitrogen and oxygen atoms in total. The Labute approximate surface area is 237 Å². The highest BCUT2D eigenvalue weighted by Gasteiger charge is 2.21. The lowest BCUT2D eigenvalue weighted by molar-refractivity contribution is 0.0601. The van der Waals surface area contributed by atoms with Crippen LogP contribution in [-0.4, -0.2) is 29.9 Å². The molecule has 4 aromatic carbocycles. The second-order valence-corrected chi connectivity index (χ2v) is 12.6. The lowest BCUT2D eigenvalue weighted by Gasteiger charge is -2.14. The summed E-state index contributed by atoms with van der Waals surface area (Å²) in [4.78, 5) is 12.6. The Morgan fingerprint density at radius 3 is 1.60 bits per heavy atom. The fraction of sp³-hybridized carbons (Fsp3) is 0.107. The number of hydrogen-bond donors (Lipinski definition) is 2. The second-order valence-electron chi connectivity index (χ2n) is 8.78. The van der Waals surface area contributed by atoms with Crippen molar-refractivity contribution < 1.29 is 31.1 Å². The van der Waals surface area contributed by atoms with Crippen LogP contribution in [0.25, 0.3) is 0 Å². The third kappa shape index (κ3) is 6.74. The second kappa shape index (κ2) is 11.6. The van der Waals surface area contributed by atoms with E-state index < -0.39 is 26.0 Å². The monoisotopic (exact) mass is 600 g/mol. The summed E-state index contributed by atoms with van der Waals surface area (Å²) in [5.74, 6) is -0.360. The van der Waals surface area contributed by atoms with Crippen LogP contribution in [-0.2, 0) is 24.8 Å². The van der Waals surface area contributed by atoms with Crippen molar-refractivity contribution in [2.45, 2.75) is 23.6 Å². The number of esters is 1. The molecule has 0 saturated carbocycles. The van der Waals surface area contributed by atoms with Gasteiger partial charge in [0.2, 0.25) is 0 Å². The molecule has 4 rings (SSSR count). The van der Waals surface area contributed by atoms with Gasteiger partial charge in [-0.1, -0.05) is 47.0 Å². The van der Waals surface area contributed by atoms with E-state index in [1.54, 1.807) is 24.3 Å². The number of rotatable bonds is 9. The molecule has 0 aromatic heterocycles. The Balaban J connectivity index is 1.56. The van der Waals surface area contributed by atoms with Gasteiger partial charge in [0, 0.05) is 6.07 Å². The Morgan fingerprint density at radius 1 is 0.675 bits per heavy atom. The first-order valence-corrected chi connectivity index (χ1v) is 15.1. The first-order valence-electron chi connectivity index (χ1n) is 11.8. The summed E-state index contributed by atoms with van der Waals surface area (Å²) in [5.41, 5.74) is 1.88. The number of benzene rings is 4. The maximum absolute atomic E-state index is 12.9. The van der Waals surface area contributed by atoms with Gasteiger partial charge in [-0.25, -0.2) is 21.6 Å². The molecule has 2 N–H and O–H groups in total. The molecule has 0 aliphatic heterocycles. The highest BCUT2D eigenvalue weighted by molar-refractivity contribution is 7.93. The Hall–Kier alpha value is -4.06. The van der Waals surface area contributed by atoms with Crippen LogP contribution in [0.15, 0.2) is 94.7 Å². The zero-order chi connectivity index (χ0) is 29.1. The molecule has 0 amide bonds. The molecule has 0 bridgehead atoms. The predicted octanol–water partition coefficient (Wildman–Crippen LogP) is 6.14. The van der Waals surface area contributed by atoms with Gasteiger partial charge in [-0.05, 0) is 68.4 Å². The van der Waals surface area contributed by atoms with E-state index in [1.165, 1.54) is 67.8 Å². The van der Waals surface area contributed by atoms with E-state index in [0.29, 0.717) is 0 Å². The Kier molecular flexibility index (Phi) is 8.38. The molecule has 0 spiro atoms. The normalized spacial score (nSPS) is 11.5. The van der Waals surface area contributed by atoms with Crippen molar-refractivity contribution in [3.05, 3.63) is 107 Å². The van der Waals surface area contributed by atoms with Gasteiger partial charge in [-0.15, -0.1) is 0 Å². The summed E-state index contributed by atoms with van der Waals surface area (Å²) in [5, 5.41) is 0.0730. The SMILES string of the molecule is COC(=O)c1cc(Oc2ccc(NS(=O)(=O)c3ccc(C)cc3)c(Cl)c2)ccc1NS(=O)(=O)c1ccc(C)cc1. The van der Waals surface area contributed by atoms with E-state index >= 15 is 0 Å². The number of halogens is 1. The molecule has 208 valence electrons. The third-order valence-electron chi connectivity index (χ3n) is 5.72. The zero-order valence-corrected chi connectivity index (χ0v) is 24.0. The van der Waals surface area contributed by atoms with Crippen LogP contribution in [0.3, 0.4) is 0 Å². The van der Waals surface area contributed by atoms with E-state index in [-0.39, 0.29) is 43.3 Å². The van der Waals surface area contributed by atoms with E-state index in [2.05, 4.69) is 9.44 Å². The van der Waals surface area contributed by atoms with Gasteiger partial charge in [-0.2, -0.15) is 0 Å². The molecule has 40 heavy (non-hydrogen) atoms. The van der Waals surface area contributed by atoms with Crippen molar-refractivity contribution in [2.24, 2.45) is 0 Å². The molecule has 4 aromatic rings. The summed E-state index contributed by atoms with van der Waals surface area (Å²) in [6, 6.07) is 21.1. The summed E-state index contributed by atoms with van der Waals surface area (Å²) in [6.45, 7) is 3.69. The first-order chi connectivity index (χ1) is 18.9. The van der Waals surface area contributed by atoms with Crippen molar-refractivity contribution in [2.75, 3.05) is 16.6 Å². The molecular weight excluding hydrogens is 576 g/mol. The average molecular weight is 601 g/mol. The Morgan fingerprint density at radius 2 is 1.12 bits per heavy atom. The first kappa shape index (κ1) is 28.9. The van der Waals surface area contributed by atoms with Crippen LogP contribution in [0, 0.1) is 13.8 Å². The fourth-order valence-electron chi connectivity index (χ4n) is 3.58. The fourth-order valence-corrected chi connectivity index (χ4v) is 6.01. The minimum absolute atomic E-state index is 0.00123. The summed E-state index contributed by atoms with van der Waals surface area (Å²) in [6.07, 6.45) is 0. The molecule has 0 unspecified atom stereocenters. The maximum Gasteiger partial charge on any atom is 0.340 e. The number of carbonyl (C=O) groups is 1. The Bertz CT molecular complexity index is 1770. The van der Waals surface area contributed by atoms with Crippen LogP contribution < -0.4 is 14.2 Å². The molecule has 0 fully saturated rings. The van der Waals surface area contributed by atoms with E-state index in [9.17, 15) is 21.6 Å². The topological polar surface area (TPSA) is 128 Å². The number of ether oxygens (including phenoxy) is 2. The maximum atomic E-state index is 12.9. The van der Waals surface area contributed by atoms with Crippen LogP contribution in [0.4, 0.5) is 11.4 Å². The van der Waals surface area contributed by atoms with Crippen molar-refractivity contribution in [3.63, 3.8) is 0 Å². The van der Waals surface area contributed by atoms with Crippen molar-refractivity contribution in [1.29, 1.82) is 0 Å². The van der Waals surface area contributed by atoms with Crippen LogP contribution in [0.5, 0.6) is 11.5 Å². The van der Waals surface area contributed by atoms with Gasteiger partial charge in [0.1, 0.15) is 11.5 Å². The van der Waals surface area contributed by atoms with Crippen molar-refractivity contribution >= 4 is 49.0 Å². The molecule has 0 heterocycles. The highest BCUT2D eigenvalue weighted by Crippen LogP contribution is 2.33. The quantitative estimate of drug-likeness (QED) is 0.221. The predicted molar refractivity (Wildman–Crippen MR) is 153 cm³/mol. The number of carbonyl (C=O) groups excluding carboxylic acids is 1. The molecule has 0 radical (unpaired) electrons.